The molecule has 0 aromatic heterocycles. The summed E-state index contributed by atoms with van der Waals surface area (Å²) in [6, 6.07) is 8.03. The lowest BCUT2D eigenvalue weighted by Crippen LogP contribution is -2.28. The van der Waals surface area contributed by atoms with Crippen molar-refractivity contribution in [3.8, 4) is 0 Å². The van der Waals surface area contributed by atoms with E-state index in [0.717, 1.165) is 5.56 Å². The molecular weight excluding hydrogens is 258 g/mol. The lowest BCUT2D eigenvalue weighted by Gasteiger charge is -2.34. The highest BCUT2D eigenvalue weighted by atomic mass is 19.3. The van der Waals surface area contributed by atoms with Crippen molar-refractivity contribution < 1.29 is 13.9 Å². The van der Waals surface area contributed by atoms with Crippen LogP contribution in [0.15, 0.2) is 24.3 Å². The highest BCUT2D eigenvalue weighted by Gasteiger charge is 2.38. The molecule has 2 aliphatic rings. The van der Waals surface area contributed by atoms with E-state index in [0.29, 0.717) is 18.8 Å². The third kappa shape index (κ3) is 2.73. The minimum atomic E-state index is -2.52. The van der Waals surface area contributed by atoms with Gasteiger partial charge >= 0.3 is 0 Å². The number of hydrogen-bond acceptors (Lipinski definition) is 1. The fraction of sp³-hybridized carbons (Fsp3) is 0.647. The fourth-order valence-corrected chi connectivity index (χ4v) is 3.50. The Labute approximate surface area is 119 Å². The maximum Gasteiger partial charge on any atom is 0.248 e. The number of rotatable bonds is 3. The van der Waals surface area contributed by atoms with Gasteiger partial charge in [0.1, 0.15) is 0 Å². The van der Waals surface area contributed by atoms with Crippen LogP contribution in [0.1, 0.15) is 68.1 Å². The topological polar surface area (TPSA) is 20.2 Å². The lowest BCUT2D eigenvalue weighted by atomic mass is 9.74. The third-order valence-electron chi connectivity index (χ3n) is 5.07. The van der Waals surface area contributed by atoms with E-state index in [1.54, 1.807) is 0 Å². The van der Waals surface area contributed by atoms with Gasteiger partial charge in [-0.1, -0.05) is 30.7 Å². The molecule has 0 bridgehead atoms. The largest absolute Gasteiger partial charge is 0.388 e. The van der Waals surface area contributed by atoms with Crippen molar-refractivity contribution in [2.45, 2.75) is 62.9 Å². The second kappa shape index (κ2) is 5.44. The minimum absolute atomic E-state index is 0.0177. The SMILES string of the molecule is OC(c1ccccc1C1CCC1)C1CCC(F)(F)CC1. The summed E-state index contributed by atoms with van der Waals surface area (Å²) >= 11 is 0. The Balaban J connectivity index is 1.75. The van der Waals surface area contributed by atoms with Gasteiger partial charge in [-0.25, -0.2) is 8.78 Å². The molecule has 0 radical (unpaired) electrons. The van der Waals surface area contributed by atoms with Crippen molar-refractivity contribution in [1.29, 1.82) is 0 Å². The molecule has 1 atom stereocenters. The van der Waals surface area contributed by atoms with Crippen molar-refractivity contribution in [1.82, 2.24) is 0 Å². The first kappa shape index (κ1) is 14.0. The normalized spacial score (nSPS) is 25.1. The van der Waals surface area contributed by atoms with E-state index >= 15 is 0 Å². The summed E-state index contributed by atoms with van der Waals surface area (Å²) in [5.41, 5.74) is 2.22. The Morgan fingerprint density at radius 2 is 1.70 bits per heavy atom. The Hall–Kier alpha value is -0.960. The highest BCUT2D eigenvalue weighted by Crippen LogP contribution is 2.45. The molecule has 2 aliphatic carbocycles. The molecule has 2 fully saturated rings. The summed E-state index contributed by atoms with van der Waals surface area (Å²) < 4.78 is 26.5. The Kier molecular flexibility index (Phi) is 3.80. The monoisotopic (exact) mass is 280 g/mol. The number of alkyl halides is 2. The van der Waals surface area contributed by atoms with Crippen LogP contribution in [0.5, 0.6) is 0 Å². The second-order valence-corrected chi connectivity index (χ2v) is 6.39. The summed E-state index contributed by atoms with van der Waals surface area (Å²) in [7, 11) is 0. The molecule has 0 amide bonds. The summed E-state index contributed by atoms with van der Waals surface area (Å²) in [5.74, 6) is -1.98. The molecule has 110 valence electrons. The van der Waals surface area contributed by atoms with E-state index in [9.17, 15) is 13.9 Å². The Bertz CT molecular complexity index is 458. The van der Waals surface area contributed by atoms with Crippen molar-refractivity contribution in [3.63, 3.8) is 0 Å². The van der Waals surface area contributed by atoms with Crippen LogP contribution in [-0.4, -0.2) is 11.0 Å². The van der Waals surface area contributed by atoms with Gasteiger partial charge in [-0.3, -0.25) is 0 Å². The van der Waals surface area contributed by atoms with Crippen LogP contribution in [0.4, 0.5) is 8.78 Å². The summed E-state index contributed by atoms with van der Waals surface area (Å²) in [4.78, 5) is 0. The average Bonchev–Trinajstić information content (AvgIpc) is 2.37. The molecule has 1 nitrogen and oxygen atoms in total. The van der Waals surface area contributed by atoms with Gasteiger partial charge in [0.2, 0.25) is 5.92 Å². The zero-order chi connectivity index (χ0) is 14.2. The van der Waals surface area contributed by atoms with E-state index in [2.05, 4.69) is 6.07 Å². The van der Waals surface area contributed by atoms with Crippen LogP contribution in [0.2, 0.25) is 0 Å². The molecule has 3 rings (SSSR count). The number of halogens is 2. The predicted molar refractivity (Wildman–Crippen MR) is 74.9 cm³/mol. The van der Waals surface area contributed by atoms with Crippen molar-refractivity contribution >= 4 is 0 Å². The van der Waals surface area contributed by atoms with Crippen LogP contribution in [0, 0.1) is 5.92 Å². The average molecular weight is 280 g/mol. The quantitative estimate of drug-likeness (QED) is 0.842. The Morgan fingerprint density at radius 3 is 2.30 bits per heavy atom. The van der Waals surface area contributed by atoms with Crippen LogP contribution in [0.3, 0.4) is 0 Å². The van der Waals surface area contributed by atoms with Crippen molar-refractivity contribution in [3.05, 3.63) is 35.4 Å². The molecule has 1 unspecified atom stereocenters. The van der Waals surface area contributed by atoms with Gasteiger partial charge in [0.05, 0.1) is 6.10 Å². The van der Waals surface area contributed by atoms with Crippen LogP contribution in [0.25, 0.3) is 0 Å². The minimum Gasteiger partial charge on any atom is -0.388 e. The van der Waals surface area contributed by atoms with Crippen molar-refractivity contribution in [2.75, 3.05) is 0 Å². The van der Waals surface area contributed by atoms with E-state index < -0.39 is 12.0 Å². The standard InChI is InChI=1S/C17H22F2O/c18-17(19)10-8-13(9-11-17)16(20)15-7-2-1-6-14(15)12-4-3-5-12/h1-2,6-7,12-13,16,20H,3-5,8-11H2. The maximum atomic E-state index is 13.2. The maximum absolute atomic E-state index is 13.2. The molecule has 3 heteroatoms. The third-order valence-corrected chi connectivity index (χ3v) is 5.07. The molecule has 0 aliphatic heterocycles. The van der Waals surface area contributed by atoms with Gasteiger partial charge in [-0.15, -0.1) is 0 Å². The molecule has 0 saturated heterocycles. The zero-order valence-electron chi connectivity index (χ0n) is 11.7. The van der Waals surface area contributed by atoms with E-state index in [1.165, 1.54) is 24.8 Å². The molecule has 1 N–H and O–H groups in total. The van der Waals surface area contributed by atoms with E-state index in [4.69, 9.17) is 0 Å². The predicted octanol–water partition coefficient (Wildman–Crippen LogP) is 4.81. The van der Waals surface area contributed by atoms with E-state index in [-0.39, 0.29) is 18.8 Å². The lowest BCUT2D eigenvalue weighted by molar-refractivity contribution is -0.0628. The smallest absolute Gasteiger partial charge is 0.248 e. The number of aliphatic hydroxyl groups is 1. The number of benzene rings is 1. The summed E-state index contributed by atoms with van der Waals surface area (Å²) in [6.45, 7) is 0. The Morgan fingerprint density at radius 1 is 1.05 bits per heavy atom. The van der Waals surface area contributed by atoms with E-state index in [1.807, 2.05) is 18.2 Å². The molecule has 2 saturated carbocycles. The number of hydrogen-bond donors (Lipinski definition) is 1. The van der Waals surface area contributed by atoms with Gasteiger partial charge in [-0.05, 0) is 48.6 Å². The van der Waals surface area contributed by atoms with Crippen LogP contribution in [-0.2, 0) is 0 Å². The first-order valence-corrected chi connectivity index (χ1v) is 7.71. The molecule has 1 aromatic carbocycles. The fourth-order valence-electron chi connectivity index (χ4n) is 3.50. The van der Waals surface area contributed by atoms with Gasteiger partial charge < -0.3 is 5.11 Å². The molecule has 20 heavy (non-hydrogen) atoms. The van der Waals surface area contributed by atoms with Gasteiger partial charge in [0, 0.05) is 12.8 Å². The van der Waals surface area contributed by atoms with Crippen LogP contribution >= 0.6 is 0 Å². The van der Waals surface area contributed by atoms with Gasteiger partial charge in [0.15, 0.2) is 0 Å². The summed E-state index contributed by atoms with van der Waals surface area (Å²) in [6.07, 6.45) is 3.73. The molecule has 1 aromatic rings. The van der Waals surface area contributed by atoms with Gasteiger partial charge in [0.25, 0.3) is 0 Å². The first-order valence-electron chi connectivity index (χ1n) is 7.71. The highest BCUT2D eigenvalue weighted by molar-refractivity contribution is 5.33. The molecule has 0 spiro atoms. The van der Waals surface area contributed by atoms with Crippen molar-refractivity contribution in [2.24, 2.45) is 5.92 Å². The molecule has 0 heterocycles. The summed E-state index contributed by atoms with van der Waals surface area (Å²) in [5, 5.41) is 10.6. The van der Waals surface area contributed by atoms with Gasteiger partial charge in [-0.2, -0.15) is 0 Å². The zero-order valence-corrected chi connectivity index (χ0v) is 11.7. The number of aliphatic hydroxyl groups excluding tert-OH is 1. The molecular formula is C17H22F2O. The first-order chi connectivity index (χ1) is 9.57. The van der Waals surface area contributed by atoms with Crippen LogP contribution < -0.4 is 0 Å². The second-order valence-electron chi connectivity index (χ2n) is 6.39.